The summed E-state index contributed by atoms with van der Waals surface area (Å²) in [6.07, 6.45) is 4.16. The number of benzene rings is 1. The molecule has 0 aliphatic carbocycles. The van der Waals surface area contributed by atoms with E-state index < -0.39 is 0 Å². The van der Waals surface area contributed by atoms with Gasteiger partial charge in [0.05, 0.1) is 0 Å². The van der Waals surface area contributed by atoms with Gasteiger partial charge in [-0.15, -0.1) is 0 Å². The normalized spacial score (nSPS) is 16.0. The molecule has 21 heavy (non-hydrogen) atoms. The van der Waals surface area contributed by atoms with Crippen LogP contribution in [0.15, 0.2) is 18.2 Å². The Balaban J connectivity index is 1.81. The molecule has 1 amide bonds. The van der Waals surface area contributed by atoms with Crippen molar-refractivity contribution >= 4 is 5.91 Å². The van der Waals surface area contributed by atoms with E-state index >= 15 is 0 Å². The number of nitrogens with zero attached hydrogens (tertiary/aromatic N) is 1. The predicted octanol–water partition coefficient (Wildman–Crippen LogP) is 3.04. The number of amides is 1. The monoisotopic (exact) mass is 288 g/mol. The van der Waals surface area contributed by atoms with Crippen LogP contribution in [0.5, 0.6) is 0 Å². The van der Waals surface area contributed by atoms with Crippen LogP contribution in [0, 0.1) is 19.8 Å². The summed E-state index contributed by atoms with van der Waals surface area (Å²) in [6.45, 7) is 7.16. The maximum atomic E-state index is 12.3. The SMILES string of the molecule is Cc1ccc(CN(C)C(=O)CCC2CCNCC2)c(C)c1. The van der Waals surface area contributed by atoms with Crippen LogP contribution in [0.1, 0.15) is 42.4 Å². The molecule has 0 radical (unpaired) electrons. The highest BCUT2D eigenvalue weighted by Gasteiger charge is 2.16. The molecule has 3 heteroatoms. The molecule has 0 aromatic heterocycles. The molecule has 1 N–H and O–H groups in total. The Kier molecular flexibility index (Phi) is 5.80. The minimum atomic E-state index is 0.272. The van der Waals surface area contributed by atoms with Crippen molar-refractivity contribution < 1.29 is 4.79 Å². The lowest BCUT2D eigenvalue weighted by Gasteiger charge is -2.24. The molecular formula is C18H28N2O. The summed E-state index contributed by atoms with van der Waals surface area (Å²) in [4.78, 5) is 14.2. The van der Waals surface area contributed by atoms with E-state index in [-0.39, 0.29) is 5.91 Å². The van der Waals surface area contributed by atoms with Crippen molar-refractivity contribution in [3.63, 3.8) is 0 Å². The third kappa shape index (κ3) is 4.85. The number of hydrogen-bond donors (Lipinski definition) is 1. The van der Waals surface area contributed by atoms with Gasteiger partial charge in [-0.3, -0.25) is 4.79 Å². The quantitative estimate of drug-likeness (QED) is 0.903. The van der Waals surface area contributed by atoms with Gasteiger partial charge in [0.25, 0.3) is 0 Å². The second-order valence-corrected chi connectivity index (χ2v) is 6.41. The van der Waals surface area contributed by atoms with Crippen molar-refractivity contribution in [2.45, 2.75) is 46.1 Å². The first kappa shape index (κ1) is 16.0. The first-order valence-electron chi connectivity index (χ1n) is 8.07. The Morgan fingerprint density at radius 2 is 2.00 bits per heavy atom. The fraction of sp³-hybridized carbons (Fsp3) is 0.611. The first-order chi connectivity index (χ1) is 10.1. The van der Waals surface area contributed by atoms with Crippen molar-refractivity contribution in [1.82, 2.24) is 10.2 Å². The standard InChI is InChI=1S/C18H28N2O/c1-14-4-6-17(15(2)12-14)13-20(3)18(21)7-5-16-8-10-19-11-9-16/h4,6,12,16,19H,5,7-11,13H2,1-3H3. The molecule has 3 nitrogen and oxygen atoms in total. The van der Waals surface area contributed by atoms with Gasteiger partial charge in [-0.25, -0.2) is 0 Å². The van der Waals surface area contributed by atoms with Gasteiger partial charge in [0.15, 0.2) is 0 Å². The molecule has 0 atom stereocenters. The van der Waals surface area contributed by atoms with Gasteiger partial charge in [-0.2, -0.15) is 0 Å². The Bertz CT molecular complexity index is 478. The zero-order valence-corrected chi connectivity index (χ0v) is 13.6. The molecule has 1 aromatic carbocycles. The zero-order chi connectivity index (χ0) is 15.2. The summed E-state index contributed by atoms with van der Waals surface area (Å²) < 4.78 is 0. The summed E-state index contributed by atoms with van der Waals surface area (Å²) in [5, 5.41) is 3.37. The molecule has 1 saturated heterocycles. The zero-order valence-electron chi connectivity index (χ0n) is 13.6. The molecule has 1 aliphatic heterocycles. The van der Waals surface area contributed by atoms with Gasteiger partial charge in [-0.05, 0) is 63.2 Å². The smallest absolute Gasteiger partial charge is 0.222 e. The maximum Gasteiger partial charge on any atom is 0.222 e. The highest BCUT2D eigenvalue weighted by Crippen LogP contribution is 2.19. The van der Waals surface area contributed by atoms with Crippen molar-refractivity contribution in [3.05, 3.63) is 34.9 Å². The maximum absolute atomic E-state index is 12.3. The minimum absolute atomic E-state index is 0.272. The van der Waals surface area contributed by atoms with E-state index in [4.69, 9.17) is 0 Å². The van der Waals surface area contributed by atoms with Crippen LogP contribution < -0.4 is 5.32 Å². The predicted molar refractivity (Wildman–Crippen MR) is 87.2 cm³/mol. The second kappa shape index (κ2) is 7.60. The van der Waals surface area contributed by atoms with Gasteiger partial charge >= 0.3 is 0 Å². The Labute approximate surface area is 128 Å². The Morgan fingerprint density at radius 3 is 2.67 bits per heavy atom. The lowest BCUT2D eigenvalue weighted by Crippen LogP contribution is -2.30. The van der Waals surface area contributed by atoms with Crippen LogP contribution in [-0.4, -0.2) is 30.9 Å². The number of aryl methyl sites for hydroxylation is 2. The van der Waals surface area contributed by atoms with Gasteiger partial charge in [0.1, 0.15) is 0 Å². The molecule has 0 unspecified atom stereocenters. The van der Waals surface area contributed by atoms with Crippen molar-refractivity contribution in [1.29, 1.82) is 0 Å². The van der Waals surface area contributed by atoms with Crippen LogP contribution >= 0.6 is 0 Å². The van der Waals surface area contributed by atoms with E-state index in [2.05, 4.69) is 37.4 Å². The summed E-state index contributed by atoms with van der Waals surface area (Å²) in [7, 11) is 1.92. The summed E-state index contributed by atoms with van der Waals surface area (Å²) in [5.74, 6) is 0.998. The van der Waals surface area contributed by atoms with Crippen molar-refractivity contribution in [2.24, 2.45) is 5.92 Å². The Morgan fingerprint density at radius 1 is 1.29 bits per heavy atom. The first-order valence-corrected chi connectivity index (χ1v) is 8.07. The molecule has 2 rings (SSSR count). The molecule has 1 aliphatic rings. The molecular weight excluding hydrogens is 260 g/mol. The van der Waals surface area contributed by atoms with Crippen LogP contribution in [0.2, 0.25) is 0 Å². The van der Waals surface area contributed by atoms with Crippen LogP contribution in [0.3, 0.4) is 0 Å². The lowest BCUT2D eigenvalue weighted by atomic mass is 9.93. The third-order valence-corrected chi connectivity index (χ3v) is 4.56. The molecule has 1 heterocycles. The van der Waals surface area contributed by atoms with Crippen LogP contribution in [-0.2, 0) is 11.3 Å². The van der Waals surface area contributed by atoms with Gasteiger partial charge < -0.3 is 10.2 Å². The minimum Gasteiger partial charge on any atom is -0.341 e. The number of nitrogens with one attached hydrogen (secondary N) is 1. The topological polar surface area (TPSA) is 32.3 Å². The number of piperidine rings is 1. The summed E-state index contributed by atoms with van der Waals surface area (Å²) in [5.41, 5.74) is 3.79. The average Bonchev–Trinajstić information content (AvgIpc) is 2.48. The van der Waals surface area contributed by atoms with Gasteiger partial charge in [0, 0.05) is 20.0 Å². The summed E-state index contributed by atoms with van der Waals surface area (Å²) in [6, 6.07) is 6.44. The van der Waals surface area contributed by atoms with Gasteiger partial charge in [0.2, 0.25) is 5.91 Å². The van der Waals surface area contributed by atoms with Crippen LogP contribution in [0.4, 0.5) is 0 Å². The van der Waals surface area contributed by atoms with E-state index in [0.717, 1.165) is 32.0 Å². The second-order valence-electron chi connectivity index (χ2n) is 6.41. The summed E-state index contributed by atoms with van der Waals surface area (Å²) >= 11 is 0. The van der Waals surface area contributed by atoms with E-state index in [9.17, 15) is 4.79 Å². The van der Waals surface area contributed by atoms with Crippen LogP contribution in [0.25, 0.3) is 0 Å². The molecule has 1 fully saturated rings. The average molecular weight is 288 g/mol. The molecule has 0 bridgehead atoms. The molecule has 0 saturated carbocycles. The molecule has 0 spiro atoms. The van der Waals surface area contributed by atoms with E-state index in [1.807, 2.05) is 11.9 Å². The third-order valence-electron chi connectivity index (χ3n) is 4.56. The largest absolute Gasteiger partial charge is 0.341 e. The van der Waals surface area contributed by atoms with E-state index in [1.165, 1.54) is 29.5 Å². The highest BCUT2D eigenvalue weighted by molar-refractivity contribution is 5.75. The van der Waals surface area contributed by atoms with E-state index in [0.29, 0.717) is 6.42 Å². The molecule has 116 valence electrons. The lowest BCUT2D eigenvalue weighted by molar-refractivity contribution is -0.130. The molecule has 1 aromatic rings. The number of rotatable bonds is 5. The number of carbonyl (C=O) groups is 1. The fourth-order valence-corrected chi connectivity index (χ4v) is 3.06. The number of hydrogen-bond acceptors (Lipinski definition) is 2. The Hall–Kier alpha value is -1.35. The van der Waals surface area contributed by atoms with E-state index in [1.54, 1.807) is 0 Å². The van der Waals surface area contributed by atoms with Crippen molar-refractivity contribution in [3.8, 4) is 0 Å². The number of carbonyl (C=O) groups excluding carboxylic acids is 1. The highest BCUT2D eigenvalue weighted by atomic mass is 16.2. The fourth-order valence-electron chi connectivity index (χ4n) is 3.06. The van der Waals surface area contributed by atoms with Crippen molar-refractivity contribution in [2.75, 3.05) is 20.1 Å². The van der Waals surface area contributed by atoms with Gasteiger partial charge in [-0.1, -0.05) is 23.8 Å².